The van der Waals surface area contributed by atoms with Gasteiger partial charge in [-0.05, 0) is 32.6 Å². The number of nitrogens with two attached hydrogens (primary N) is 1. The lowest BCUT2D eigenvalue weighted by Crippen LogP contribution is -2.27. The van der Waals surface area contributed by atoms with E-state index in [1.165, 1.54) is 6.33 Å². The van der Waals surface area contributed by atoms with Crippen LogP contribution in [0.3, 0.4) is 0 Å². The van der Waals surface area contributed by atoms with E-state index in [9.17, 15) is 9.90 Å². The number of nitrogens with one attached hydrogen (secondary N) is 1. The molecule has 4 N–H and O–H groups in total. The maximum absolute atomic E-state index is 11.7. The molecule has 11 heteroatoms. The summed E-state index contributed by atoms with van der Waals surface area (Å²) in [6.07, 6.45) is 7.98. The number of fused-ring (bicyclic) bond motifs is 1. The van der Waals surface area contributed by atoms with Crippen molar-refractivity contribution in [3.8, 4) is 0 Å². The van der Waals surface area contributed by atoms with Crippen molar-refractivity contribution >= 4 is 29.1 Å². The zero-order valence-corrected chi connectivity index (χ0v) is 17.4. The molecule has 0 amide bonds. The van der Waals surface area contributed by atoms with Gasteiger partial charge in [-0.1, -0.05) is 12.2 Å². The van der Waals surface area contributed by atoms with E-state index in [2.05, 4.69) is 26.3 Å². The largest absolute Gasteiger partial charge is 0.508 e. The van der Waals surface area contributed by atoms with Gasteiger partial charge in [0.25, 0.3) is 0 Å². The Hall–Kier alpha value is -2.92. The Labute approximate surface area is 175 Å². The van der Waals surface area contributed by atoms with E-state index in [1.807, 2.05) is 13.0 Å². The number of anilines is 2. The van der Waals surface area contributed by atoms with Crippen LogP contribution in [0.1, 0.15) is 32.6 Å². The Morgan fingerprint density at radius 1 is 1.33 bits per heavy atom. The van der Waals surface area contributed by atoms with Crippen molar-refractivity contribution in [3.63, 3.8) is 0 Å². The van der Waals surface area contributed by atoms with Crippen molar-refractivity contribution < 1.29 is 24.1 Å². The highest BCUT2D eigenvalue weighted by Gasteiger charge is 2.15. The van der Waals surface area contributed by atoms with E-state index in [1.54, 1.807) is 11.6 Å². The fourth-order valence-corrected chi connectivity index (χ4v) is 2.63. The number of rotatable bonds is 13. The topological polar surface area (TPSA) is 147 Å². The molecule has 30 heavy (non-hydrogen) atoms. The van der Waals surface area contributed by atoms with E-state index in [-0.39, 0.29) is 25.9 Å². The van der Waals surface area contributed by atoms with Crippen LogP contribution >= 0.6 is 0 Å². The Bertz CT molecular complexity index is 825. The van der Waals surface area contributed by atoms with Crippen molar-refractivity contribution in [3.05, 3.63) is 18.5 Å². The minimum atomic E-state index is -0.780. The lowest BCUT2D eigenvalue weighted by atomic mass is 10.2. The molecule has 1 unspecified atom stereocenters. The number of aromatic nitrogens is 4. The van der Waals surface area contributed by atoms with Crippen molar-refractivity contribution in [1.82, 2.24) is 19.5 Å². The summed E-state index contributed by atoms with van der Waals surface area (Å²) in [6.45, 7) is 1.86. The number of aliphatic hydroxyl groups excluding tert-OH is 1. The van der Waals surface area contributed by atoms with E-state index >= 15 is 0 Å². The first-order valence-corrected chi connectivity index (χ1v) is 9.88. The second-order valence-electron chi connectivity index (χ2n) is 6.50. The Morgan fingerprint density at radius 2 is 2.17 bits per heavy atom. The summed E-state index contributed by atoms with van der Waals surface area (Å²) >= 11 is 0. The molecule has 0 saturated heterocycles. The second-order valence-corrected chi connectivity index (χ2v) is 6.50. The average molecular weight is 422 g/mol. The predicted molar refractivity (Wildman–Crippen MR) is 112 cm³/mol. The molecule has 0 aliphatic rings. The molecule has 166 valence electrons. The van der Waals surface area contributed by atoms with Gasteiger partial charge in [0.15, 0.2) is 17.0 Å². The van der Waals surface area contributed by atoms with Crippen LogP contribution in [-0.2, 0) is 20.9 Å². The maximum atomic E-state index is 11.7. The Kier molecular flexibility index (Phi) is 9.81. The summed E-state index contributed by atoms with van der Waals surface area (Å²) in [5.74, 6) is 0.600. The van der Waals surface area contributed by atoms with Crippen molar-refractivity contribution in [2.24, 2.45) is 0 Å². The Morgan fingerprint density at radius 3 is 2.90 bits per heavy atom. The molecule has 2 aromatic rings. The number of nitrogens with zero attached hydrogens (tertiary/aromatic N) is 4. The minimum Gasteiger partial charge on any atom is -0.434 e. The normalized spacial score (nSPS) is 12.4. The number of aliphatic hydroxyl groups is 1. The molecule has 11 nitrogen and oxygen atoms in total. The molecular formula is C19H30N6O5. The highest BCUT2D eigenvalue weighted by Crippen LogP contribution is 2.19. The average Bonchev–Trinajstić information content (AvgIpc) is 3.15. The molecular weight excluding hydrogens is 392 g/mol. The highest BCUT2D eigenvalue weighted by atomic mass is 16.7. The first-order valence-electron chi connectivity index (χ1n) is 9.88. The number of hydrogen-bond donors (Lipinski definition) is 3. The van der Waals surface area contributed by atoms with Gasteiger partial charge in [0.1, 0.15) is 19.4 Å². The van der Waals surface area contributed by atoms with Crippen LogP contribution in [0.5, 0.6) is 0 Å². The van der Waals surface area contributed by atoms with Crippen LogP contribution in [0.4, 0.5) is 16.6 Å². The fraction of sp³-hybridized carbons (Fsp3) is 0.579. The number of imidazole rings is 1. The first-order chi connectivity index (χ1) is 14.6. The lowest BCUT2D eigenvalue weighted by Gasteiger charge is -2.16. The van der Waals surface area contributed by atoms with Crippen LogP contribution in [0.15, 0.2) is 18.5 Å². The van der Waals surface area contributed by atoms with Crippen LogP contribution < -0.4 is 11.1 Å². The van der Waals surface area contributed by atoms with Gasteiger partial charge in [0, 0.05) is 7.05 Å². The Balaban J connectivity index is 1.74. The van der Waals surface area contributed by atoms with E-state index in [0.717, 1.165) is 25.7 Å². The standard InChI is InChI=1S/C19H30N6O5/c1-3-4-5-6-7-8-9-28-19(27)29-11-14(10-26)30-13-25-12-22-15-16(21-2)23-18(20)24-17(15)25/h3-4,12,14,26H,5-11,13H2,1-2H3,(H3,20,21,23,24). The third kappa shape index (κ3) is 7.16. The summed E-state index contributed by atoms with van der Waals surface area (Å²) < 4.78 is 17.3. The van der Waals surface area contributed by atoms with Gasteiger partial charge >= 0.3 is 6.16 Å². The number of carbonyl (C=O) groups excluding carboxylic acids is 1. The van der Waals surface area contributed by atoms with Crippen LogP contribution in [-0.4, -0.2) is 63.8 Å². The second kappa shape index (κ2) is 12.6. The van der Waals surface area contributed by atoms with Gasteiger partial charge in [-0.2, -0.15) is 9.97 Å². The zero-order chi connectivity index (χ0) is 21.8. The summed E-state index contributed by atoms with van der Waals surface area (Å²) in [6, 6.07) is 0. The van der Waals surface area contributed by atoms with Crippen LogP contribution in [0.25, 0.3) is 11.2 Å². The fourth-order valence-electron chi connectivity index (χ4n) is 2.63. The summed E-state index contributed by atoms with van der Waals surface area (Å²) in [5.41, 5.74) is 6.74. The van der Waals surface area contributed by atoms with Gasteiger partial charge in [0.05, 0.1) is 19.5 Å². The number of nitrogen functional groups attached to an aromatic ring is 1. The molecule has 0 aliphatic carbocycles. The van der Waals surface area contributed by atoms with Crippen molar-refractivity contribution in [2.45, 2.75) is 45.4 Å². The van der Waals surface area contributed by atoms with Gasteiger partial charge in [-0.15, -0.1) is 0 Å². The number of ether oxygens (including phenoxy) is 3. The third-order valence-corrected chi connectivity index (χ3v) is 4.23. The molecule has 2 aromatic heterocycles. The minimum absolute atomic E-state index is 0.0337. The van der Waals surface area contributed by atoms with Gasteiger partial charge < -0.3 is 30.4 Å². The monoisotopic (exact) mass is 422 g/mol. The zero-order valence-electron chi connectivity index (χ0n) is 17.4. The van der Waals surface area contributed by atoms with Gasteiger partial charge in [-0.25, -0.2) is 9.78 Å². The highest BCUT2D eigenvalue weighted by molar-refractivity contribution is 5.83. The summed E-state index contributed by atoms with van der Waals surface area (Å²) in [7, 11) is 1.71. The number of carbonyl (C=O) groups is 1. The van der Waals surface area contributed by atoms with E-state index < -0.39 is 12.3 Å². The molecule has 0 spiro atoms. The quantitative estimate of drug-likeness (QED) is 0.249. The number of hydrogen-bond acceptors (Lipinski definition) is 10. The molecule has 0 bridgehead atoms. The van der Waals surface area contributed by atoms with Crippen LogP contribution in [0.2, 0.25) is 0 Å². The summed E-state index contributed by atoms with van der Waals surface area (Å²) in [4.78, 5) is 24.1. The van der Waals surface area contributed by atoms with Crippen molar-refractivity contribution in [1.29, 1.82) is 0 Å². The molecule has 0 aromatic carbocycles. The smallest absolute Gasteiger partial charge is 0.434 e. The summed E-state index contributed by atoms with van der Waals surface area (Å²) in [5, 5.41) is 12.4. The van der Waals surface area contributed by atoms with Gasteiger partial charge in [0.2, 0.25) is 5.95 Å². The predicted octanol–water partition coefficient (Wildman–Crippen LogP) is 2.07. The van der Waals surface area contributed by atoms with Crippen LogP contribution in [0, 0.1) is 0 Å². The molecule has 2 heterocycles. The maximum Gasteiger partial charge on any atom is 0.508 e. The molecule has 0 aliphatic heterocycles. The molecule has 2 rings (SSSR count). The number of allylic oxidation sites excluding steroid dienone is 2. The van der Waals surface area contributed by atoms with Crippen molar-refractivity contribution in [2.75, 3.05) is 37.9 Å². The first kappa shape index (κ1) is 23.4. The molecule has 0 saturated carbocycles. The number of unbranched alkanes of at least 4 members (excludes halogenated alkanes) is 3. The molecule has 0 radical (unpaired) electrons. The SMILES string of the molecule is CC=CCCCCCOC(=O)OCC(CO)OCn1cnc2c(NC)nc(N)nc21. The molecule has 0 fully saturated rings. The van der Waals surface area contributed by atoms with E-state index in [4.69, 9.17) is 19.9 Å². The molecule has 1 atom stereocenters. The third-order valence-electron chi connectivity index (χ3n) is 4.23. The van der Waals surface area contributed by atoms with E-state index in [0.29, 0.717) is 23.6 Å². The van der Waals surface area contributed by atoms with Gasteiger partial charge in [-0.3, -0.25) is 4.57 Å². The lowest BCUT2D eigenvalue weighted by molar-refractivity contribution is -0.0616.